The first-order chi connectivity index (χ1) is 8.87. The number of amides is 1. The number of hydrogen-bond donors (Lipinski definition) is 3. The molecule has 1 aromatic carbocycles. The minimum absolute atomic E-state index is 0.104. The van der Waals surface area contributed by atoms with Gasteiger partial charge in [-0.25, -0.2) is 0 Å². The molecule has 2 unspecified atom stereocenters. The average Bonchev–Trinajstić information content (AvgIpc) is 2.38. The molecule has 0 aliphatic heterocycles. The maximum Gasteiger partial charge on any atom is 0.305 e. The highest BCUT2D eigenvalue weighted by molar-refractivity contribution is 5.87. The summed E-state index contributed by atoms with van der Waals surface area (Å²) in [5.74, 6) is -1.31. The zero-order valence-corrected chi connectivity index (χ0v) is 11.2. The second-order valence-electron chi connectivity index (χ2n) is 4.74. The van der Waals surface area contributed by atoms with Crippen LogP contribution in [0.15, 0.2) is 30.3 Å². The Morgan fingerprint density at radius 2 is 1.95 bits per heavy atom. The highest BCUT2D eigenvalue weighted by Crippen LogP contribution is 2.18. The van der Waals surface area contributed by atoms with E-state index in [0.29, 0.717) is 12.0 Å². The van der Waals surface area contributed by atoms with Crippen LogP contribution in [-0.4, -0.2) is 23.0 Å². The molecule has 0 aliphatic carbocycles. The molecule has 0 aromatic heterocycles. The van der Waals surface area contributed by atoms with Crippen LogP contribution in [0.5, 0.6) is 0 Å². The van der Waals surface area contributed by atoms with Gasteiger partial charge in [0, 0.05) is 6.04 Å². The predicted octanol–water partition coefficient (Wildman–Crippen LogP) is 1.23. The molecule has 0 fully saturated rings. The SMILES string of the molecule is CCC(CC(=O)O)NC(=O)C(C)(N)c1ccccc1. The summed E-state index contributed by atoms with van der Waals surface area (Å²) >= 11 is 0. The molecule has 0 saturated carbocycles. The van der Waals surface area contributed by atoms with Crippen LogP contribution in [0.4, 0.5) is 0 Å². The van der Waals surface area contributed by atoms with Crippen LogP contribution in [0, 0.1) is 0 Å². The van der Waals surface area contributed by atoms with Gasteiger partial charge in [0.05, 0.1) is 6.42 Å². The van der Waals surface area contributed by atoms with Gasteiger partial charge in [-0.3, -0.25) is 9.59 Å². The number of nitrogens with one attached hydrogen (secondary N) is 1. The van der Waals surface area contributed by atoms with Crippen LogP contribution in [-0.2, 0) is 15.1 Å². The zero-order chi connectivity index (χ0) is 14.5. The van der Waals surface area contributed by atoms with Crippen molar-refractivity contribution < 1.29 is 14.7 Å². The third-order valence-electron chi connectivity index (χ3n) is 3.09. The summed E-state index contributed by atoms with van der Waals surface area (Å²) in [6.07, 6.45) is 0.440. The second kappa shape index (κ2) is 6.33. The maximum absolute atomic E-state index is 12.2. The van der Waals surface area contributed by atoms with Crippen molar-refractivity contribution in [2.24, 2.45) is 5.73 Å². The van der Waals surface area contributed by atoms with E-state index in [2.05, 4.69) is 5.32 Å². The highest BCUT2D eigenvalue weighted by atomic mass is 16.4. The van der Waals surface area contributed by atoms with E-state index < -0.39 is 17.6 Å². The number of carboxylic acids is 1. The van der Waals surface area contributed by atoms with Crippen molar-refractivity contribution in [3.63, 3.8) is 0 Å². The largest absolute Gasteiger partial charge is 0.481 e. The van der Waals surface area contributed by atoms with E-state index in [4.69, 9.17) is 10.8 Å². The molecule has 0 heterocycles. The van der Waals surface area contributed by atoms with Gasteiger partial charge in [-0.1, -0.05) is 37.3 Å². The number of hydrogen-bond acceptors (Lipinski definition) is 3. The molecule has 5 heteroatoms. The fourth-order valence-electron chi connectivity index (χ4n) is 1.76. The summed E-state index contributed by atoms with van der Waals surface area (Å²) in [7, 11) is 0. The molecule has 1 amide bonds. The number of carbonyl (C=O) groups is 2. The fraction of sp³-hybridized carbons (Fsp3) is 0.429. The van der Waals surface area contributed by atoms with Gasteiger partial charge in [-0.15, -0.1) is 0 Å². The number of benzene rings is 1. The molecule has 1 rings (SSSR count). The number of carboxylic acid groups (broad SMARTS) is 1. The van der Waals surface area contributed by atoms with Gasteiger partial charge in [-0.2, -0.15) is 0 Å². The van der Waals surface area contributed by atoms with Crippen molar-refractivity contribution in [2.75, 3.05) is 0 Å². The Morgan fingerprint density at radius 1 is 1.37 bits per heavy atom. The highest BCUT2D eigenvalue weighted by Gasteiger charge is 2.31. The van der Waals surface area contributed by atoms with Crippen molar-refractivity contribution in [1.29, 1.82) is 0 Å². The lowest BCUT2D eigenvalue weighted by molar-refractivity contribution is -0.138. The monoisotopic (exact) mass is 264 g/mol. The Labute approximate surface area is 112 Å². The molecule has 4 N–H and O–H groups in total. The third kappa shape index (κ3) is 4.06. The predicted molar refractivity (Wildman–Crippen MR) is 72.5 cm³/mol. The van der Waals surface area contributed by atoms with E-state index in [1.54, 1.807) is 19.1 Å². The zero-order valence-electron chi connectivity index (χ0n) is 11.2. The third-order valence-corrected chi connectivity index (χ3v) is 3.09. The van der Waals surface area contributed by atoms with E-state index in [1.807, 2.05) is 25.1 Å². The molecule has 0 saturated heterocycles. The van der Waals surface area contributed by atoms with Crippen LogP contribution < -0.4 is 11.1 Å². The van der Waals surface area contributed by atoms with Gasteiger partial charge in [0.25, 0.3) is 0 Å². The van der Waals surface area contributed by atoms with E-state index in [1.165, 1.54) is 0 Å². The Hall–Kier alpha value is -1.88. The second-order valence-corrected chi connectivity index (χ2v) is 4.74. The van der Waals surface area contributed by atoms with Crippen molar-refractivity contribution in [2.45, 2.75) is 38.3 Å². The van der Waals surface area contributed by atoms with Crippen LogP contribution in [0.25, 0.3) is 0 Å². The van der Waals surface area contributed by atoms with Crippen LogP contribution >= 0.6 is 0 Å². The van der Waals surface area contributed by atoms with Crippen molar-refractivity contribution >= 4 is 11.9 Å². The molecule has 1 aromatic rings. The van der Waals surface area contributed by atoms with Crippen molar-refractivity contribution in [3.8, 4) is 0 Å². The van der Waals surface area contributed by atoms with Gasteiger partial charge in [0.15, 0.2) is 0 Å². The minimum Gasteiger partial charge on any atom is -0.481 e. The summed E-state index contributed by atoms with van der Waals surface area (Å²) in [5.41, 5.74) is 5.57. The van der Waals surface area contributed by atoms with Crippen LogP contribution in [0.1, 0.15) is 32.3 Å². The van der Waals surface area contributed by atoms with E-state index >= 15 is 0 Å². The number of carbonyl (C=O) groups excluding carboxylic acids is 1. The Balaban J connectivity index is 2.78. The standard InChI is InChI=1S/C14H20N2O3/c1-3-11(9-12(17)18)16-13(19)14(2,15)10-7-5-4-6-8-10/h4-8,11H,3,9,15H2,1-2H3,(H,16,19)(H,17,18). The van der Waals surface area contributed by atoms with Gasteiger partial charge >= 0.3 is 5.97 Å². The molecule has 104 valence electrons. The number of nitrogens with two attached hydrogens (primary N) is 1. The topological polar surface area (TPSA) is 92.4 Å². The summed E-state index contributed by atoms with van der Waals surface area (Å²) in [6.45, 7) is 3.44. The van der Waals surface area contributed by atoms with E-state index in [0.717, 1.165) is 0 Å². The molecular formula is C14H20N2O3. The summed E-state index contributed by atoms with van der Waals surface area (Å²) in [5, 5.41) is 11.5. The first-order valence-electron chi connectivity index (χ1n) is 6.25. The first-order valence-corrected chi connectivity index (χ1v) is 6.25. The summed E-state index contributed by atoms with van der Waals surface area (Å²) < 4.78 is 0. The molecule has 0 spiro atoms. The summed E-state index contributed by atoms with van der Waals surface area (Å²) in [4.78, 5) is 22.9. The molecular weight excluding hydrogens is 244 g/mol. The smallest absolute Gasteiger partial charge is 0.305 e. The minimum atomic E-state index is -1.17. The summed E-state index contributed by atoms with van der Waals surface area (Å²) in [6, 6.07) is 8.60. The Bertz CT molecular complexity index is 443. The molecule has 5 nitrogen and oxygen atoms in total. The number of rotatable bonds is 6. The lowest BCUT2D eigenvalue weighted by Crippen LogP contribution is -2.52. The Kier molecular flexibility index (Phi) is 5.06. The van der Waals surface area contributed by atoms with E-state index in [-0.39, 0.29) is 12.3 Å². The normalized spacial score (nSPS) is 15.3. The fourth-order valence-corrected chi connectivity index (χ4v) is 1.76. The lowest BCUT2D eigenvalue weighted by Gasteiger charge is -2.26. The van der Waals surface area contributed by atoms with Crippen molar-refractivity contribution in [1.82, 2.24) is 5.32 Å². The van der Waals surface area contributed by atoms with Gasteiger partial charge in [-0.05, 0) is 18.9 Å². The average molecular weight is 264 g/mol. The van der Waals surface area contributed by atoms with Gasteiger partial charge < -0.3 is 16.2 Å². The van der Waals surface area contributed by atoms with E-state index in [9.17, 15) is 9.59 Å². The molecule has 0 bridgehead atoms. The quantitative estimate of drug-likeness (QED) is 0.720. The number of aliphatic carboxylic acids is 1. The lowest BCUT2D eigenvalue weighted by atomic mass is 9.91. The maximum atomic E-state index is 12.2. The molecule has 2 atom stereocenters. The van der Waals surface area contributed by atoms with Crippen LogP contribution in [0.2, 0.25) is 0 Å². The molecule has 0 aliphatic rings. The van der Waals surface area contributed by atoms with Gasteiger partial charge in [0.1, 0.15) is 5.54 Å². The molecule has 19 heavy (non-hydrogen) atoms. The van der Waals surface area contributed by atoms with Crippen molar-refractivity contribution in [3.05, 3.63) is 35.9 Å². The molecule has 0 radical (unpaired) electrons. The van der Waals surface area contributed by atoms with Crippen LogP contribution in [0.3, 0.4) is 0 Å². The van der Waals surface area contributed by atoms with Gasteiger partial charge in [0.2, 0.25) is 5.91 Å². The Morgan fingerprint density at radius 3 is 2.42 bits per heavy atom. The first kappa shape index (κ1) is 15.2.